The minimum Gasteiger partial charge on any atom is -0.342 e. The number of carbonyl (C=O) groups is 1. The van der Waals surface area contributed by atoms with Crippen LogP contribution in [-0.4, -0.2) is 58.5 Å². The van der Waals surface area contributed by atoms with Crippen LogP contribution < -0.4 is 0 Å². The largest absolute Gasteiger partial charge is 0.342 e. The van der Waals surface area contributed by atoms with Crippen LogP contribution >= 0.6 is 11.7 Å². The van der Waals surface area contributed by atoms with Gasteiger partial charge in [0.15, 0.2) is 0 Å². The topological polar surface area (TPSA) is 83.5 Å². The minimum atomic E-state index is -3.70. The number of hydrogen-bond donors (Lipinski definition) is 0. The van der Waals surface area contributed by atoms with Crippen molar-refractivity contribution < 1.29 is 13.2 Å². The quantitative estimate of drug-likeness (QED) is 0.778. The van der Waals surface area contributed by atoms with Gasteiger partial charge in [0, 0.05) is 26.2 Å². The molecule has 146 valence electrons. The first-order valence-corrected chi connectivity index (χ1v) is 11.6. The summed E-state index contributed by atoms with van der Waals surface area (Å²) >= 11 is 1.01. The van der Waals surface area contributed by atoms with E-state index in [1.54, 1.807) is 18.2 Å². The molecule has 1 atom stereocenters. The van der Waals surface area contributed by atoms with Crippen molar-refractivity contribution in [2.24, 2.45) is 11.8 Å². The Morgan fingerprint density at radius 2 is 1.93 bits per heavy atom. The third-order valence-corrected chi connectivity index (χ3v) is 8.13. The Morgan fingerprint density at radius 1 is 1.15 bits per heavy atom. The lowest BCUT2D eigenvalue weighted by atomic mass is 9.94. The number of amides is 1. The number of sulfonamides is 1. The molecular weight excluding hydrogens is 384 g/mol. The summed E-state index contributed by atoms with van der Waals surface area (Å²) in [5, 5.41) is 0. The molecule has 2 aromatic rings. The zero-order valence-corrected chi connectivity index (χ0v) is 17.0. The second-order valence-corrected chi connectivity index (χ2v) is 10.0. The average molecular weight is 409 g/mol. The molecule has 0 radical (unpaired) electrons. The van der Waals surface area contributed by atoms with Gasteiger partial charge in [0.1, 0.15) is 15.9 Å². The summed E-state index contributed by atoms with van der Waals surface area (Å²) < 4.78 is 36.2. The van der Waals surface area contributed by atoms with Crippen molar-refractivity contribution in [2.45, 2.75) is 37.5 Å². The fourth-order valence-corrected chi connectivity index (χ4v) is 6.25. The molecule has 1 aromatic heterocycles. The van der Waals surface area contributed by atoms with Crippen molar-refractivity contribution in [3.05, 3.63) is 18.2 Å². The van der Waals surface area contributed by atoms with E-state index in [4.69, 9.17) is 0 Å². The maximum absolute atomic E-state index is 13.2. The number of rotatable bonds is 3. The Bertz CT molecular complexity index is 935. The Balaban J connectivity index is 1.54. The molecule has 1 amide bonds. The molecule has 0 spiro atoms. The van der Waals surface area contributed by atoms with E-state index in [1.165, 1.54) is 4.31 Å². The molecule has 0 saturated carbocycles. The predicted molar refractivity (Wildman–Crippen MR) is 104 cm³/mol. The summed E-state index contributed by atoms with van der Waals surface area (Å²) in [5.74, 6) is 0.509. The summed E-state index contributed by atoms with van der Waals surface area (Å²) in [6, 6.07) is 5.03. The fraction of sp³-hybridized carbons (Fsp3) is 0.611. The zero-order valence-electron chi connectivity index (χ0n) is 15.4. The van der Waals surface area contributed by atoms with Crippen LogP contribution in [0.2, 0.25) is 0 Å². The number of piperidine rings is 2. The maximum atomic E-state index is 13.2. The number of aromatic nitrogens is 2. The lowest BCUT2D eigenvalue weighted by molar-refractivity contribution is -0.138. The number of carbonyl (C=O) groups excluding carboxylic acids is 1. The lowest BCUT2D eigenvalue weighted by Gasteiger charge is -2.36. The highest BCUT2D eigenvalue weighted by Gasteiger charge is 2.36. The van der Waals surface area contributed by atoms with Gasteiger partial charge in [-0.15, -0.1) is 0 Å². The fourth-order valence-electron chi connectivity index (χ4n) is 3.98. The summed E-state index contributed by atoms with van der Waals surface area (Å²) in [5.41, 5.74) is 1.01. The van der Waals surface area contributed by atoms with Crippen molar-refractivity contribution in [1.29, 1.82) is 0 Å². The van der Waals surface area contributed by atoms with Crippen molar-refractivity contribution in [3.63, 3.8) is 0 Å². The van der Waals surface area contributed by atoms with Gasteiger partial charge in [-0.25, -0.2) is 8.42 Å². The number of nitrogens with zero attached hydrogens (tertiary/aromatic N) is 4. The van der Waals surface area contributed by atoms with Gasteiger partial charge < -0.3 is 4.90 Å². The number of fused-ring (bicyclic) bond motifs is 1. The van der Waals surface area contributed by atoms with Gasteiger partial charge in [0.2, 0.25) is 15.9 Å². The average Bonchev–Trinajstić information content (AvgIpc) is 3.17. The molecule has 2 aliphatic rings. The molecule has 27 heavy (non-hydrogen) atoms. The van der Waals surface area contributed by atoms with E-state index in [0.29, 0.717) is 29.9 Å². The summed E-state index contributed by atoms with van der Waals surface area (Å²) in [4.78, 5) is 15.0. The van der Waals surface area contributed by atoms with Crippen LogP contribution in [0.4, 0.5) is 0 Å². The van der Waals surface area contributed by atoms with E-state index in [2.05, 4.69) is 15.7 Å². The molecule has 7 nitrogen and oxygen atoms in total. The summed E-state index contributed by atoms with van der Waals surface area (Å²) in [6.07, 6.45) is 3.50. The second-order valence-electron chi connectivity index (χ2n) is 7.60. The first-order chi connectivity index (χ1) is 13.0. The first-order valence-electron chi connectivity index (χ1n) is 9.47. The van der Waals surface area contributed by atoms with Crippen LogP contribution in [0, 0.1) is 11.8 Å². The Hall–Kier alpha value is -1.58. The number of benzene rings is 1. The Kier molecular flexibility index (Phi) is 5.17. The molecule has 2 aliphatic heterocycles. The van der Waals surface area contributed by atoms with E-state index < -0.39 is 10.0 Å². The highest BCUT2D eigenvalue weighted by Crippen LogP contribution is 2.29. The van der Waals surface area contributed by atoms with Gasteiger partial charge in [-0.2, -0.15) is 13.1 Å². The molecule has 0 unspecified atom stereocenters. The van der Waals surface area contributed by atoms with Gasteiger partial charge in [-0.1, -0.05) is 13.0 Å². The minimum absolute atomic E-state index is 0.107. The summed E-state index contributed by atoms with van der Waals surface area (Å²) in [7, 11) is -3.70. The molecule has 0 aliphatic carbocycles. The lowest BCUT2D eigenvalue weighted by Crippen LogP contribution is -2.48. The Morgan fingerprint density at radius 3 is 2.70 bits per heavy atom. The molecule has 3 heterocycles. The third-order valence-electron chi connectivity index (χ3n) is 5.70. The maximum Gasteiger partial charge on any atom is 0.245 e. The van der Waals surface area contributed by atoms with Crippen LogP contribution in [0.5, 0.6) is 0 Å². The molecule has 1 aromatic carbocycles. The smallest absolute Gasteiger partial charge is 0.245 e. The number of likely N-dealkylation sites (tertiary alicyclic amines) is 1. The first kappa shape index (κ1) is 18.8. The Labute approximate surface area is 163 Å². The normalized spacial score (nSPS) is 23.0. The predicted octanol–water partition coefficient (Wildman–Crippen LogP) is 2.35. The van der Waals surface area contributed by atoms with Gasteiger partial charge in [0.05, 0.1) is 17.6 Å². The van der Waals surface area contributed by atoms with Crippen molar-refractivity contribution in [3.8, 4) is 0 Å². The van der Waals surface area contributed by atoms with Crippen LogP contribution in [0.3, 0.4) is 0 Å². The van der Waals surface area contributed by atoms with E-state index >= 15 is 0 Å². The molecule has 9 heteroatoms. The molecule has 2 fully saturated rings. The van der Waals surface area contributed by atoms with Gasteiger partial charge >= 0.3 is 0 Å². The standard InChI is InChI=1S/C18H24N4O3S2/c1-13-7-10-21(11-8-13)18(23)14-4-3-9-22(12-14)27(24,25)16-6-2-5-15-17(16)20-26-19-15/h2,5-6,13-14H,3-4,7-12H2,1H3/t14-/m1/s1. The van der Waals surface area contributed by atoms with Gasteiger partial charge in [-0.3, -0.25) is 4.79 Å². The molecule has 0 bridgehead atoms. The highest BCUT2D eigenvalue weighted by atomic mass is 32.2. The summed E-state index contributed by atoms with van der Waals surface area (Å²) in [6.45, 7) is 4.48. The van der Waals surface area contributed by atoms with Gasteiger partial charge in [-0.05, 0) is 43.7 Å². The van der Waals surface area contributed by atoms with Crippen molar-refractivity contribution in [1.82, 2.24) is 18.0 Å². The van der Waals surface area contributed by atoms with E-state index in [-0.39, 0.29) is 23.3 Å². The van der Waals surface area contributed by atoms with E-state index in [0.717, 1.165) is 44.1 Å². The van der Waals surface area contributed by atoms with Crippen LogP contribution in [-0.2, 0) is 14.8 Å². The number of hydrogen-bond acceptors (Lipinski definition) is 6. The monoisotopic (exact) mass is 408 g/mol. The molecular formula is C18H24N4O3S2. The molecule has 4 rings (SSSR count). The second kappa shape index (κ2) is 7.44. The van der Waals surface area contributed by atoms with Crippen LogP contribution in [0.25, 0.3) is 11.0 Å². The highest BCUT2D eigenvalue weighted by molar-refractivity contribution is 7.89. The SMILES string of the molecule is CC1CCN(C(=O)[C@@H]2CCCN(S(=O)(=O)c3cccc4nsnc34)C2)CC1. The zero-order chi connectivity index (χ0) is 19.0. The van der Waals surface area contributed by atoms with Gasteiger partial charge in [0.25, 0.3) is 0 Å². The van der Waals surface area contributed by atoms with E-state index in [1.807, 2.05) is 4.90 Å². The van der Waals surface area contributed by atoms with Crippen LogP contribution in [0.1, 0.15) is 32.6 Å². The van der Waals surface area contributed by atoms with Crippen LogP contribution in [0.15, 0.2) is 23.1 Å². The van der Waals surface area contributed by atoms with E-state index in [9.17, 15) is 13.2 Å². The molecule has 0 N–H and O–H groups in total. The molecule has 2 saturated heterocycles. The van der Waals surface area contributed by atoms with Crippen molar-refractivity contribution in [2.75, 3.05) is 26.2 Å². The third kappa shape index (κ3) is 3.60. The van der Waals surface area contributed by atoms with Crippen molar-refractivity contribution >= 4 is 38.7 Å².